The molecule has 2 aromatic rings. The third-order valence-corrected chi connectivity index (χ3v) is 6.01. The van der Waals surface area contributed by atoms with E-state index in [-0.39, 0.29) is 17.6 Å². The Balaban J connectivity index is 1.55. The summed E-state index contributed by atoms with van der Waals surface area (Å²) in [6, 6.07) is 5.99. The first-order valence-corrected chi connectivity index (χ1v) is 10.5. The van der Waals surface area contributed by atoms with Crippen LogP contribution in [0.2, 0.25) is 0 Å². The molecule has 2 heterocycles. The maximum atomic E-state index is 13.0. The van der Waals surface area contributed by atoms with Crippen molar-refractivity contribution in [3.8, 4) is 5.75 Å². The Labute approximate surface area is 175 Å². The Morgan fingerprint density at radius 2 is 1.87 bits per heavy atom. The smallest absolute Gasteiger partial charge is 0.289 e. The van der Waals surface area contributed by atoms with E-state index in [2.05, 4.69) is 17.5 Å². The summed E-state index contributed by atoms with van der Waals surface area (Å²) < 4.78 is 6.00. The van der Waals surface area contributed by atoms with E-state index < -0.39 is 0 Å². The van der Waals surface area contributed by atoms with Gasteiger partial charge in [-0.05, 0) is 62.8 Å². The molecular formula is C23H27N3O4. The van der Waals surface area contributed by atoms with Crippen molar-refractivity contribution in [2.24, 2.45) is 11.0 Å². The number of phenols is 1. The summed E-state index contributed by atoms with van der Waals surface area (Å²) in [5.41, 5.74) is 5.38. The lowest BCUT2D eigenvalue weighted by molar-refractivity contribution is 0.0662. The van der Waals surface area contributed by atoms with Crippen LogP contribution in [0.15, 0.2) is 33.8 Å². The maximum absolute atomic E-state index is 13.0. The summed E-state index contributed by atoms with van der Waals surface area (Å²) in [7, 11) is 0. The van der Waals surface area contributed by atoms with Gasteiger partial charge in [-0.15, -0.1) is 0 Å². The second kappa shape index (κ2) is 8.34. The molecule has 30 heavy (non-hydrogen) atoms. The number of aryl methyl sites for hydroxylation is 1. The highest BCUT2D eigenvalue weighted by Crippen LogP contribution is 2.31. The standard InChI is InChI=1S/C23H27N3O4/c1-14-10-12-26(13-11-14)23(29)21-15(2)20-18(4-3-5-19(20)30-21)24-25-22(28)16-6-8-17(27)9-7-16/h6-9,14,27H,3-5,10-13H2,1-2H3,(H,25,28)/b24-18+. The van der Waals surface area contributed by atoms with Crippen molar-refractivity contribution in [3.05, 3.63) is 52.5 Å². The Morgan fingerprint density at radius 3 is 2.57 bits per heavy atom. The van der Waals surface area contributed by atoms with E-state index in [1.165, 1.54) is 24.3 Å². The predicted octanol–water partition coefficient (Wildman–Crippen LogP) is 3.64. The molecule has 2 aliphatic rings. The van der Waals surface area contributed by atoms with Gasteiger partial charge in [0.1, 0.15) is 11.5 Å². The van der Waals surface area contributed by atoms with Crippen LogP contribution in [-0.4, -0.2) is 40.6 Å². The molecule has 1 fully saturated rings. The van der Waals surface area contributed by atoms with Gasteiger partial charge in [0, 0.05) is 36.2 Å². The van der Waals surface area contributed by atoms with Crippen LogP contribution in [0.5, 0.6) is 5.75 Å². The first-order chi connectivity index (χ1) is 14.4. The number of amides is 2. The number of aromatic hydroxyl groups is 1. The lowest BCUT2D eigenvalue weighted by Crippen LogP contribution is -2.38. The molecule has 1 aliphatic heterocycles. The van der Waals surface area contributed by atoms with Crippen molar-refractivity contribution in [2.75, 3.05) is 13.1 Å². The van der Waals surface area contributed by atoms with Crippen LogP contribution in [0.4, 0.5) is 0 Å². The molecule has 1 aromatic carbocycles. The lowest BCUT2D eigenvalue weighted by Gasteiger charge is -2.29. The van der Waals surface area contributed by atoms with Crippen LogP contribution in [0, 0.1) is 12.8 Å². The second-order valence-electron chi connectivity index (χ2n) is 8.23. The zero-order valence-electron chi connectivity index (χ0n) is 17.4. The molecule has 0 unspecified atom stereocenters. The van der Waals surface area contributed by atoms with Gasteiger partial charge >= 0.3 is 0 Å². The molecule has 7 heteroatoms. The molecule has 1 saturated heterocycles. The molecule has 158 valence electrons. The van der Waals surface area contributed by atoms with Gasteiger partial charge in [0.15, 0.2) is 5.76 Å². The SMILES string of the molecule is Cc1c(C(=O)N2CCC(C)CC2)oc2c1/C(=N/NC(=O)c1ccc(O)cc1)CCC2. The van der Waals surface area contributed by atoms with E-state index in [0.717, 1.165) is 61.4 Å². The number of carbonyl (C=O) groups is 2. The van der Waals surface area contributed by atoms with Gasteiger partial charge in [-0.2, -0.15) is 5.10 Å². The molecule has 0 saturated carbocycles. The summed E-state index contributed by atoms with van der Waals surface area (Å²) in [5.74, 6) is 1.51. The Kier molecular flexibility index (Phi) is 5.61. The van der Waals surface area contributed by atoms with E-state index in [0.29, 0.717) is 23.7 Å². The number of carbonyl (C=O) groups excluding carboxylic acids is 2. The number of fused-ring (bicyclic) bond motifs is 1. The van der Waals surface area contributed by atoms with Gasteiger partial charge in [-0.1, -0.05) is 6.92 Å². The molecule has 1 aliphatic carbocycles. The number of hydrazone groups is 1. The van der Waals surface area contributed by atoms with Gasteiger partial charge in [0.2, 0.25) is 0 Å². The fourth-order valence-electron chi connectivity index (χ4n) is 4.13. The van der Waals surface area contributed by atoms with Crippen molar-refractivity contribution in [2.45, 2.75) is 46.0 Å². The fourth-order valence-corrected chi connectivity index (χ4v) is 4.13. The lowest BCUT2D eigenvalue weighted by atomic mass is 9.93. The predicted molar refractivity (Wildman–Crippen MR) is 113 cm³/mol. The number of likely N-dealkylation sites (tertiary alicyclic amines) is 1. The van der Waals surface area contributed by atoms with Gasteiger partial charge < -0.3 is 14.4 Å². The number of phenolic OH excluding ortho intramolecular Hbond substituents is 1. The van der Waals surface area contributed by atoms with E-state index in [1.54, 1.807) is 0 Å². The Hall–Kier alpha value is -3.09. The molecular weight excluding hydrogens is 382 g/mol. The maximum Gasteiger partial charge on any atom is 0.289 e. The Morgan fingerprint density at radius 1 is 1.17 bits per heavy atom. The molecule has 2 amide bonds. The van der Waals surface area contributed by atoms with Crippen LogP contribution < -0.4 is 5.43 Å². The molecule has 0 atom stereocenters. The second-order valence-corrected chi connectivity index (χ2v) is 8.23. The normalized spacial score (nSPS) is 18.3. The highest BCUT2D eigenvalue weighted by Gasteiger charge is 2.31. The molecule has 4 rings (SSSR count). The number of benzene rings is 1. The number of piperidine rings is 1. The summed E-state index contributed by atoms with van der Waals surface area (Å²) in [5, 5.41) is 13.7. The molecule has 0 spiro atoms. The van der Waals surface area contributed by atoms with Gasteiger partial charge in [0.25, 0.3) is 11.8 Å². The summed E-state index contributed by atoms with van der Waals surface area (Å²) in [6.07, 6.45) is 4.34. The van der Waals surface area contributed by atoms with Gasteiger partial charge in [-0.25, -0.2) is 5.43 Å². The fraction of sp³-hybridized carbons (Fsp3) is 0.435. The zero-order valence-corrected chi connectivity index (χ0v) is 17.4. The van der Waals surface area contributed by atoms with Crippen LogP contribution in [-0.2, 0) is 6.42 Å². The van der Waals surface area contributed by atoms with Crippen LogP contribution in [0.25, 0.3) is 0 Å². The molecule has 1 aromatic heterocycles. The molecule has 2 N–H and O–H groups in total. The molecule has 0 bridgehead atoms. The van der Waals surface area contributed by atoms with Crippen molar-refractivity contribution in [1.29, 1.82) is 0 Å². The molecule has 0 radical (unpaired) electrons. The van der Waals surface area contributed by atoms with Crippen molar-refractivity contribution >= 4 is 17.5 Å². The first-order valence-electron chi connectivity index (χ1n) is 10.5. The minimum atomic E-state index is -0.352. The van der Waals surface area contributed by atoms with Crippen LogP contribution in [0.1, 0.15) is 70.4 Å². The van der Waals surface area contributed by atoms with E-state index in [4.69, 9.17) is 4.42 Å². The Bertz CT molecular complexity index is 983. The highest BCUT2D eigenvalue weighted by atomic mass is 16.4. The first kappa shape index (κ1) is 20.2. The number of hydrogen-bond acceptors (Lipinski definition) is 5. The number of hydrogen-bond donors (Lipinski definition) is 2. The largest absolute Gasteiger partial charge is 0.508 e. The van der Waals surface area contributed by atoms with Crippen molar-refractivity contribution < 1.29 is 19.1 Å². The van der Waals surface area contributed by atoms with Crippen molar-refractivity contribution in [3.63, 3.8) is 0 Å². The number of nitrogens with zero attached hydrogens (tertiary/aromatic N) is 2. The summed E-state index contributed by atoms with van der Waals surface area (Å²) in [4.78, 5) is 27.3. The minimum absolute atomic E-state index is 0.0544. The van der Waals surface area contributed by atoms with E-state index >= 15 is 0 Å². The van der Waals surface area contributed by atoms with Crippen molar-refractivity contribution in [1.82, 2.24) is 10.3 Å². The quantitative estimate of drug-likeness (QED) is 0.757. The molecule has 7 nitrogen and oxygen atoms in total. The number of rotatable bonds is 3. The van der Waals surface area contributed by atoms with Gasteiger partial charge in [0.05, 0.1) is 5.71 Å². The number of furan rings is 1. The van der Waals surface area contributed by atoms with E-state index in [1.807, 2.05) is 11.8 Å². The zero-order chi connectivity index (χ0) is 21.3. The van der Waals surface area contributed by atoms with E-state index in [9.17, 15) is 14.7 Å². The average molecular weight is 409 g/mol. The minimum Gasteiger partial charge on any atom is -0.508 e. The highest BCUT2D eigenvalue weighted by molar-refractivity contribution is 6.07. The van der Waals surface area contributed by atoms with Crippen LogP contribution in [0.3, 0.4) is 0 Å². The summed E-state index contributed by atoms with van der Waals surface area (Å²) >= 11 is 0. The average Bonchev–Trinajstić information content (AvgIpc) is 3.09. The third kappa shape index (κ3) is 3.97. The monoisotopic (exact) mass is 409 g/mol. The van der Waals surface area contributed by atoms with Crippen LogP contribution >= 0.6 is 0 Å². The topological polar surface area (TPSA) is 95.1 Å². The third-order valence-electron chi connectivity index (χ3n) is 6.01. The number of nitrogens with one attached hydrogen (secondary N) is 1. The van der Waals surface area contributed by atoms with Gasteiger partial charge in [-0.3, -0.25) is 9.59 Å². The summed E-state index contributed by atoms with van der Waals surface area (Å²) in [6.45, 7) is 5.63.